The minimum absolute atomic E-state index is 0.0378. The molecule has 0 aliphatic heterocycles. The average Bonchev–Trinajstić information content (AvgIpc) is 3.11. The Labute approximate surface area is 237 Å². The summed E-state index contributed by atoms with van der Waals surface area (Å²) in [4.78, 5) is 25.9. The van der Waals surface area contributed by atoms with Crippen molar-refractivity contribution in [1.29, 1.82) is 0 Å². The summed E-state index contributed by atoms with van der Waals surface area (Å²) in [6.07, 6.45) is 9.15. The van der Waals surface area contributed by atoms with Crippen LogP contribution < -0.4 is 5.32 Å². The van der Waals surface area contributed by atoms with Gasteiger partial charge in [-0.3, -0.25) is 4.79 Å². The van der Waals surface area contributed by atoms with Gasteiger partial charge in [-0.2, -0.15) is 0 Å². The molecule has 4 saturated carbocycles. The average molecular weight is 542 g/mol. The van der Waals surface area contributed by atoms with Gasteiger partial charge in [-0.1, -0.05) is 61.0 Å². The first-order chi connectivity index (χ1) is 18.0. The highest BCUT2D eigenvalue weighted by molar-refractivity contribution is 6.00. The van der Waals surface area contributed by atoms with Gasteiger partial charge in [0.2, 0.25) is 0 Å². The van der Waals surface area contributed by atoms with Gasteiger partial charge in [-0.05, 0) is 115 Å². The Kier molecular flexibility index (Phi) is 6.97. The Bertz CT molecular complexity index is 1060. The van der Waals surface area contributed by atoms with E-state index in [-0.39, 0.29) is 39.7 Å². The van der Waals surface area contributed by atoms with Gasteiger partial charge in [0.1, 0.15) is 6.10 Å². The predicted octanol–water partition coefficient (Wildman–Crippen LogP) is 7.46. The Morgan fingerprint density at radius 1 is 0.923 bits per heavy atom. The zero-order valence-corrected chi connectivity index (χ0v) is 26.2. The van der Waals surface area contributed by atoms with Crippen molar-refractivity contribution in [3.8, 4) is 0 Å². The van der Waals surface area contributed by atoms with Crippen molar-refractivity contribution in [3.05, 3.63) is 11.1 Å². The van der Waals surface area contributed by atoms with E-state index in [2.05, 4.69) is 60.7 Å². The maximum absolute atomic E-state index is 13.3. The molecule has 9 atom stereocenters. The molecule has 1 amide bonds. The molecule has 0 heterocycles. The number of carbonyl (C=O) groups excluding carboxylic acids is 2. The van der Waals surface area contributed by atoms with Crippen LogP contribution in [0.1, 0.15) is 120 Å². The quantitative estimate of drug-likeness (QED) is 0.387. The van der Waals surface area contributed by atoms with Crippen LogP contribution in [0.3, 0.4) is 0 Å². The van der Waals surface area contributed by atoms with Gasteiger partial charge in [0.25, 0.3) is 0 Å². The number of fused-ring (bicyclic) bond motifs is 7. The van der Waals surface area contributed by atoms with E-state index in [4.69, 9.17) is 4.74 Å². The summed E-state index contributed by atoms with van der Waals surface area (Å²) in [5.74, 6) is 2.44. The number of hydrogen-bond acceptors (Lipinski definition) is 4. The number of nitrogens with one attached hydrogen (secondary N) is 1. The maximum Gasteiger partial charge on any atom is 0.407 e. The number of ether oxygens (including phenoxy) is 1. The third kappa shape index (κ3) is 4.02. The van der Waals surface area contributed by atoms with E-state index < -0.39 is 12.2 Å². The van der Waals surface area contributed by atoms with Crippen molar-refractivity contribution in [1.82, 2.24) is 5.32 Å². The smallest absolute Gasteiger partial charge is 0.407 e. The molecule has 5 heteroatoms. The monoisotopic (exact) mass is 541 g/mol. The van der Waals surface area contributed by atoms with Crippen molar-refractivity contribution in [2.45, 2.75) is 132 Å². The highest BCUT2D eigenvalue weighted by Crippen LogP contribution is 2.76. The number of rotatable bonds is 4. The largest absolute Gasteiger partial charge is 0.444 e. The zero-order chi connectivity index (χ0) is 28.8. The number of Topliss-reactive ketones (excluding diaryl/α,β-unsaturated/α-hetero) is 1. The molecule has 4 fully saturated rings. The Balaban J connectivity index is 1.45. The van der Waals surface area contributed by atoms with Crippen LogP contribution in [0.2, 0.25) is 0 Å². The lowest BCUT2D eigenvalue weighted by atomic mass is 9.33. The van der Waals surface area contributed by atoms with E-state index in [1.54, 1.807) is 12.5 Å². The first kappa shape index (κ1) is 29.1. The molecule has 0 bridgehead atoms. The highest BCUT2D eigenvalue weighted by atomic mass is 16.6. The number of carbonyl (C=O) groups is 2. The molecule has 0 spiro atoms. The Morgan fingerprint density at radius 2 is 1.62 bits per heavy atom. The molecular formula is C34H55NO4. The van der Waals surface area contributed by atoms with Crippen LogP contribution in [0, 0.1) is 50.7 Å². The van der Waals surface area contributed by atoms with E-state index in [1.807, 2.05) is 0 Å². The van der Waals surface area contributed by atoms with Crippen LogP contribution in [0.15, 0.2) is 11.1 Å². The molecule has 0 radical (unpaired) electrons. The maximum atomic E-state index is 13.3. The van der Waals surface area contributed by atoms with Crippen molar-refractivity contribution in [2.24, 2.45) is 50.7 Å². The summed E-state index contributed by atoms with van der Waals surface area (Å²) in [5.41, 5.74) is 3.47. The predicted molar refractivity (Wildman–Crippen MR) is 155 cm³/mol. The van der Waals surface area contributed by atoms with Crippen LogP contribution in [0.25, 0.3) is 0 Å². The molecule has 0 aromatic carbocycles. The first-order valence-corrected chi connectivity index (χ1v) is 15.9. The molecule has 5 nitrogen and oxygen atoms in total. The third-order valence-electron chi connectivity index (χ3n) is 13.7. The summed E-state index contributed by atoms with van der Waals surface area (Å²) in [6, 6.07) is 0.0731. The molecule has 0 aromatic heterocycles. The number of aliphatic hydroxyl groups excluding tert-OH is 1. The lowest BCUT2D eigenvalue weighted by Crippen LogP contribution is -2.66. The summed E-state index contributed by atoms with van der Waals surface area (Å²) < 4.78 is 5.38. The second-order valence-corrected chi connectivity index (χ2v) is 16.2. The topological polar surface area (TPSA) is 75.6 Å². The molecule has 2 unspecified atom stereocenters. The standard InChI is InChI=1S/C34H55NO4/c1-20(2)27-23(37)18-31(6)16-17-33(8)22(28(27)31)10-11-25-32(7)14-13-26(35-29(38)39-21(3)19-36)30(4,5)24(32)12-15-34(25,33)9/h20-22,24-26,36H,10-19H2,1-9H3,(H,35,38)/t21?,22-,24+,25-,26?,31+,32+,33-,34-/m1/s1. The number of allylic oxidation sites excluding steroid dienone is 2. The van der Waals surface area contributed by atoms with Gasteiger partial charge in [0.05, 0.1) is 6.61 Å². The van der Waals surface area contributed by atoms with Crippen LogP contribution in [0.4, 0.5) is 4.79 Å². The second-order valence-electron chi connectivity index (χ2n) is 16.2. The van der Waals surface area contributed by atoms with Crippen LogP contribution >= 0.6 is 0 Å². The van der Waals surface area contributed by atoms with E-state index in [0.717, 1.165) is 25.7 Å². The molecule has 5 rings (SSSR count). The highest BCUT2D eigenvalue weighted by Gasteiger charge is 2.69. The zero-order valence-electron chi connectivity index (χ0n) is 26.2. The van der Waals surface area contributed by atoms with E-state index in [1.165, 1.54) is 37.7 Å². The number of ketones is 1. The fourth-order valence-corrected chi connectivity index (χ4v) is 11.5. The van der Waals surface area contributed by atoms with E-state index in [9.17, 15) is 14.7 Å². The molecule has 2 N–H and O–H groups in total. The van der Waals surface area contributed by atoms with Gasteiger partial charge in [0.15, 0.2) is 5.78 Å². The fourth-order valence-electron chi connectivity index (χ4n) is 11.5. The number of aliphatic hydroxyl groups is 1. The third-order valence-corrected chi connectivity index (χ3v) is 13.7. The summed E-state index contributed by atoms with van der Waals surface area (Å²) in [6.45, 7) is 21.0. The van der Waals surface area contributed by atoms with Crippen LogP contribution in [0.5, 0.6) is 0 Å². The van der Waals surface area contributed by atoms with Gasteiger partial charge in [-0.15, -0.1) is 0 Å². The SMILES string of the molecule is CC(CO)OC(=O)NC1CC[C@]2(C)[C@H]3CC[C@@H]4C5=C(C(C)C)C(=O)C[C@]5(C)CC[C@@]4(C)[C@]3(C)CC[C@H]2C1(C)C. The van der Waals surface area contributed by atoms with E-state index >= 15 is 0 Å². The molecule has 5 aliphatic carbocycles. The molecule has 220 valence electrons. The number of amides is 1. The number of alkyl carbamates (subject to hydrolysis) is 1. The van der Waals surface area contributed by atoms with Crippen LogP contribution in [-0.4, -0.2) is 35.7 Å². The summed E-state index contributed by atoms with van der Waals surface area (Å²) in [5, 5.41) is 12.5. The Hall–Kier alpha value is -1.36. The summed E-state index contributed by atoms with van der Waals surface area (Å²) >= 11 is 0. The summed E-state index contributed by atoms with van der Waals surface area (Å²) in [7, 11) is 0. The molecule has 0 aromatic rings. The van der Waals surface area contributed by atoms with Crippen LogP contribution in [-0.2, 0) is 9.53 Å². The molecular weight excluding hydrogens is 486 g/mol. The lowest BCUT2D eigenvalue weighted by molar-refractivity contribution is -0.215. The number of hydrogen-bond donors (Lipinski definition) is 2. The minimum atomic E-state index is -0.493. The fraction of sp³-hybridized carbons (Fsp3) is 0.882. The van der Waals surface area contributed by atoms with Gasteiger partial charge in [-0.25, -0.2) is 4.79 Å². The second kappa shape index (κ2) is 9.33. The Morgan fingerprint density at radius 3 is 2.26 bits per heavy atom. The van der Waals surface area contributed by atoms with Crippen molar-refractivity contribution < 1.29 is 19.4 Å². The van der Waals surface area contributed by atoms with Gasteiger partial charge in [0, 0.05) is 12.5 Å². The molecule has 39 heavy (non-hydrogen) atoms. The lowest BCUT2D eigenvalue weighted by Gasteiger charge is -2.72. The van der Waals surface area contributed by atoms with Gasteiger partial charge >= 0.3 is 6.09 Å². The van der Waals surface area contributed by atoms with Crippen molar-refractivity contribution in [3.63, 3.8) is 0 Å². The normalized spacial score (nSPS) is 45.7. The van der Waals surface area contributed by atoms with Gasteiger partial charge < -0.3 is 15.2 Å². The molecule has 5 aliphatic rings. The van der Waals surface area contributed by atoms with Crippen molar-refractivity contribution in [2.75, 3.05) is 6.61 Å². The minimum Gasteiger partial charge on any atom is -0.444 e. The first-order valence-electron chi connectivity index (χ1n) is 15.9. The molecule has 0 saturated heterocycles. The van der Waals surface area contributed by atoms with E-state index in [0.29, 0.717) is 29.5 Å². The van der Waals surface area contributed by atoms with Crippen molar-refractivity contribution >= 4 is 11.9 Å².